The molecule has 0 spiro atoms. The minimum absolute atomic E-state index is 0. The summed E-state index contributed by atoms with van der Waals surface area (Å²) in [6.45, 7) is 3.91. The summed E-state index contributed by atoms with van der Waals surface area (Å²) >= 11 is 0. The van der Waals surface area contributed by atoms with Gasteiger partial charge in [0.15, 0.2) is 0 Å². The Hall–Kier alpha value is -1.55. The zero-order chi connectivity index (χ0) is 11.7. The second kappa shape index (κ2) is 5.40. The fraction of sp³-hybridized carbons (Fsp3) is 0.385. The van der Waals surface area contributed by atoms with Gasteiger partial charge in [-0.25, -0.2) is 10.4 Å². The molecule has 0 bridgehead atoms. The number of benzene rings is 1. The molecule has 5 heteroatoms. The van der Waals surface area contributed by atoms with Crippen molar-refractivity contribution in [1.29, 1.82) is 0 Å². The van der Waals surface area contributed by atoms with Crippen LogP contribution >= 0.6 is 12.4 Å². The van der Waals surface area contributed by atoms with Crippen molar-refractivity contribution in [3.63, 3.8) is 0 Å². The van der Waals surface area contributed by atoms with Crippen LogP contribution in [0, 0.1) is 6.92 Å². The van der Waals surface area contributed by atoms with Gasteiger partial charge >= 0.3 is 0 Å². The van der Waals surface area contributed by atoms with E-state index in [4.69, 9.17) is 0 Å². The Morgan fingerprint density at radius 3 is 3.00 bits per heavy atom. The highest BCUT2D eigenvalue weighted by Gasteiger charge is 2.19. The van der Waals surface area contributed by atoms with E-state index in [0.717, 1.165) is 37.6 Å². The number of hydrazone groups is 1. The van der Waals surface area contributed by atoms with Crippen LogP contribution in [0.3, 0.4) is 0 Å². The SMILES string of the molecule is Cc1cccc2c1CCC2=NNC1=NCCN1.Cl. The lowest BCUT2D eigenvalue weighted by Gasteiger charge is -2.04. The summed E-state index contributed by atoms with van der Waals surface area (Å²) in [5, 5.41) is 7.61. The molecule has 0 atom stereocenters. The van der Waals surface area contributed by atoms with Crippen molar-refractivity contribution in [3.8, 4) is 0 Å². The molecular formula is C13H17ClN4. The Labute approximate surface area is 113 Å². The van der Waals surface area contributed by atoms with E-state index in [2.05, 4.69) is 46.0 Å². The Morgan fingerprint density at radius 2 is 2.22 bits per heavy atom. The smallest absolute Gasteiger partial charge is 0.212 e. The number of hydrogen-bond donors (Lipinski definition) is 2. The van der Waals surface area contributed by atoms with E-state index in [9.17, 15) is 0 Å². The Balaban J connectivity index is 0.00000120. The predicted molar refractivity (Wildman–Crippen MR) is 76.7 cm³/mol. The maximum atomic E-state index is 4.46. The second-order valence-electron chi connectivity index (χ2n) is 4.43. The van der Waals surface area contributed by atoms with Gasteiger partial charge in [0.05, 0.1) is 12.3 Å². The summed E-state index contributed by atoms with van der Waals surface area (Å²) in [4.78, 5) is 4.26. The standard InChI is InChI=1S/C13H16N4.ClH/c1-9-3-2-4-11-10(9)5-6-12(11)16-17-13-14-7-8-15-13;/h2-4H,5-8H2,1H3,(H2,14,15,17);1H. The molecular weight excluding hydrogens is 248 g/mol. The van der Waals surface area contributed by atoms with E-state index in [1.807, 2.05) is 0 Å². The van der Waals surface area contributed by atoms with Crippen molar-refractivity contribution < 1.29 is 0 Å². The minimum Gasteiger partial charge on any atom is -0.353 e. The number of nitrogens with one attached hydrogen (secondary N) is 2. The lowest BCUT2D eigenvalue weighted by atomic mass is 10.0. The van der Waals surface area contributed by atoms with Gasteiger partial charge < -0.3 is 5.32 Å². The first-order chi connectivity index (χ1) is 8.34. The molecule has 4 nitrogen and oxygen atoms in total. The van der Waals surface area contributed by atoms with Crippen molar-refractivity contribution in [1.82, 2.24) is 10.7 Å². The third-order valence-corrected chi connectivity index (χ3v) is 3.30. The van der Waals surface area contributed by atoms with Gasteiger partial charge in [-0.3, -0.25) is 0 Å². The largest absolute Gasteiger partial charge is 0.353 e. The molecule has 1 aromatic carbocycles. The van der Waals surface area contributed by atoms with Gasteiger partial charge in [-0.15, -0.1) is 12.4 Å². The normalized spacial score (nSPS) is 18.9. The van der Waals surface area contributed by atoms with Crippen LogP contribution in [0.2, 0.25) is 0 Å². The van der Waals surface area contributed by atoms with Crippen molar-refractivity contribution in [2.24, 2.45) is 10.1 Å². The van der Waals surface area contributed by atoms with Crippen LogP contribution in [0.4, 0.5) is 0 Å². The molecule has 96 valence electrons. The van der Waals surface area contributed by atoms with Gasteiger partial charge in [0.25, 0.3) is 0 Å². The fourth-order valence-electron chi connectivity index (χ4n) is 2.39. The number of aryl methyl sites for hydroxylation is 1. The molecule has 2 N–H and O–H groups in total. The average Bonchev–Trinajstić information content (AvgIpc) is 2.95. The van der Waals surface area contributed by atoms with E-state index < -0.39 is 0 Å². The van der Waals surface area contributed by atoms with E-state index in [1.165, 1.54) is 16.7 Å². The highest BCUT2D eigenvalue weighted by molar-refractivity contribution is 6.05. The fourth-order valence-corrected chi connectivity index (χ4v) is 2.39. The molecule has 0 unspecified atom stereocenters. The topological polar surface area (TPSA) is 48.8 Å². The zero-order valence-corrected chi connectivity index (χ0v) is 11.2. The number of hydrogen-bond acceptors (Lipinski definition) is 4. The van der Waals surface area contributed by atoms with E-state index in [-0.39, 0.29) is 12.4 Å². The second-order valence-corrected chi connectivity index (χ2v) is 4.43. The third kappa shape index (κ3) is 2.34. The van der Waals surface area contributed by atoms with Crippen molar-refractivity contribution >= 4 is 24.1 Å². The van der Waals surface area contributed by atoms with E-state index in [1.54, 1.807) is 0 Å². The summed E-state index contributed by atoms with van der Waals surface area (Å²) in [6, 6.07) is 6.41. The Morgan fingerprint density at radius 1 is 1.33 bits per heavy atom. The first-order valence-electron chi connectivity index (χ1n) is 6.04. The number of aliphatic imine (C=N–C) groups is 1. The van der Waals surface area contributed by atoms with Crippen LogP contribution in [-0.4, -0.2) is 24.8 Å². The summed E-state index contributed by atoms with van der Waals surface area (Å²) in [6.07, 6.45) is 2.11. The van der Waals surface area contributed by atoms with E-state index in [0.29, 0.717) is 0 Å². The lowest BCUT2D eigenvalue weighted by Crippen LogP contribution is -2.30. The maximum Gasteiger partial charge on any atom is 0.212 e. The Kier molecular flexibility index (Phi) is 3.87. The van der Waals surface area contributed by atoms with Crippen LogP contribution in [0.15, 0.2) is 28.3 Å². The van der Waals surface area contributed by atoms with Gasteiger partial charge in [-0.2, -0.15) is 5.10 Å². The average molecular weight is 265 g/mol. The summed E-state index contributed by atoms with van der Waals surface area (Å²) < 4.78 is 0. The number of fused-ring (bicyclic) bond motifs is 1. The van der Waals surface area contributed by atoms with Gasteiger partial charge in [0.2, 0.25) is 5.96 Å². The Bertz CT molecular complexity index is 508. The first kappa shape index (κ1) is 12.9. The quantitative estimate of drug-likeness (QED) is 0.758. The molecule has 1 aliphatic carbocycles. The molecule has 18 heavy (non-hydrogen) atoms. The molecule has 0 saturated carbocycles. The van der Waals surface area contributed by atoms with Crippen LogP contribution in [0.5, 0.6) is 0 Å². The van der Waals surface area contributed by atoms with Crippen molar-refractivity contribution in [2.45, 2.75) is 19.8 Å². The molecule has 0 saturated heterocycles. The summed E-state index contributed by atoms with van der Waals surface area (Å²) in [5.41, 5.74) is 8.24. The van der Waals surface area contributed by atoms with Gasteiger partial charge in [0, 0.05) is 12.1 Å². The summed E-state index contributed by atoms with van der Waals surface area (Å²) in [5.74, 6) is 0.790. The number of halogens is 1. The molecule has 1 heterocycles. The van der Waals surface area contributed by atoms with Gasteiger partial charge in [-0.1, -0.05) is 18.2 Å². The van der Waals surface area contributed by atoms with E-state index >= 15 is 0 Å². The molecule has 0 aromatic heterocycles. The molecule has 2 aliphatic rings. The minimum atomic E-state index is 0. The monoisotopic (exact) mass is 264 g/mol. The number of nitrogens with zero attached hydrogens (tertiary/aromatic N) is 2. The molecule has 0 amide bonds. The maximum absolute atomic E-state index is 4.46. The number of guanidine groups is 1. The van der Waals surface area contributed by atoms with Crippen LogP contribution in [0.1, 0.15) is 23.1 Å². The van der Waals surface area contributed by atoms with Crippen LogP contribution in [0.25, 0.3) is 0 Å². The van der Waals surface area contributed by atoms with Gasteiger partial charge in [-0.05, 0) is 30.9 Å². The molecule has 3 rings (SSSR count). The van der Waals surface area contributed by atoms with Gasteiger partial charge in [0.1, 0.15) is 0 Å². The van der Waals surface area contributed by atoms with Crippen molar-refractivity contribution in [2.75, 3.05) is 13.1 Å². The highest BCUT2D eigenvalue weighted by atomic mass is 35.5. The lowest BCUT2D eigenvalue weighted by molar-refractivity contribution is 0.913. The molecule has 1 aliphatic heterocycles. The zero-order valence-electron chi connectivity index (χ0n) is 10.4. The molecule has 0 fully saturated rings. The number of rotatable bonds is 1. The predicted octanol–water partition coefficient (Wildman–Crippen LogP) is 1.62. The van der Waals surface area contributed by atoms with Crippen molar-refractivity contribution in [3.05, 3.63) is 34.9 Å². The van der Waals surface area contributed by atoms with Crippen LogP contribution in [-0.2, 0) is 6.42 Å². The third-order valence-electron chi connectivity index (χ3n) is 3.30. The van der Waals surface area contributed by atoms with Crippen LogP contribution < -0.4 is 10.7 Å². The summed E-state index contributed by atoms with van der Waals surface area (Å²) in [7, 11) is 0. The first-order valence-corrected chi connectivity index (χ1v) is 6.04. The molecule has 0 radical (unpaired) electrons. The highest BCUT2D eigenvalue weighted by Crippen LogP contribution is 2.25. The molecule has 1 aromatic rings.